The maximum absolute atomic E-state index is 12.6. The molecular weight excluding hydrogens is 508 g/mol. The van der Waals surface area contributed by atoms with Gasteiger partial charge in [0.1, 0.15) is 18.5 Å². The summed E-state index contributed by atoms with van der Waals surface area (Å²) >= 11 is 6.00. The van der Waals surface area contributed by atoms with Crippen LogP contribution in [0.15, 0.2) is 59.3 Å². The van der Waals surface area contributed by atoms with E-state index in [4.69, 9.17) is 25.9 Å². The minimum Gasteiger partial charge on any atom is -0.465 e. The number of hydrogen-bond donors (Lipinski definition) is 3. The number of halogens is 1. The average molecular weight is 543 g/mol. The van der Waals surface area contributed by atoms with E-state index in [0.717, 1.165) is 36.1 Å². The molecule has 2 aromatic carbocycles. The van der Waals surface area contributed by atoms with E-state index in [0.29, 0.717) is 35.8 Å². The molecule has 0 bridgehead atoms. The molecule has 4 rings (SSSR count). The maximum Gasteiger partial charge on any atom is 0.247 e. The van der Waals surface area contributed by atoms with Gasteiger partial charge >= 0.3 is 0 Å². The van der Waals surface area contributed by atoms with Gasteiger partial charge < -0.3 is 29.8 Å². The monoisotopic (exact) mass is 542 g/mol. The topological polar surface area (TPSA) is 110 Å². The van der Waals surface area contributed by atoms with Gasteiger partial charge in [0.25, 0.3) is 0 Å². The Bertz CT molecular complexity index is 1140. The molecule has 1 unspecified atom stereocenters. The summed E-state index contributed by atoms with van der Waals surface area (Å²) in [4.78, 5) is 18.0. The minimum absolute atomic E-state index is 0.177. The first-order valence-corrected chi connectivity index (χ1v) is 13.3. The van der Waals surface area contributed by atoms with Crippen LogP contribution >= 0.6 is 11.6 Å². The number of ether oxygens (including phenoxy) is 2. The smallest absolute Gasteiger partial charge is 0.247 e. The molecule has 5 atom stereocenters. The molecule has 0 spiro atoms. The van der Waals surface area contributed by atoms with Crippen molar-refractivity contribution in [3.8, 4) is 5.75 Å². The van der Waals surface area contributed by atoms with Gasteiger partial charge in [-0.3, -0.25) is 4.79 Å². The van der Waals surface area contributed by atoms with Gasteiger partial charge in [-0.05, 0) is 81.0 Å². The lowest BCUT2D eigenvalue weighted by molar-refractivity contribution is -0.121. The van der Waals surface area contributed by atoms with Crippen molar-refractivity contribution < 1.29 is 29.3 Å². The lowest BCUT2D eigenvalue weighted by Gasteiger charge is -2.32. The fourth-order valence-electron chi connectivity index (χ4n) is 4.61. The number of nitrogens with one attached hydrogen (secondary N) is 1. The van der Waals surface area contributed by atoms with Crippen molar-refractivity contribution in [2.75, 3.05) is 0 Å². The first-order chi connectivity index (χ1) is 18.3. The molecule has 8 nitrogen and oxygen atoms in total. The summed E-state index contributed by atoms with van der Waals surface area (Å²) in [7, 11) is 0. The van der Waals surface area contributed by atoms with E-state index in [1.54, 1.807) is 13.0 Å². The lowest BCUT2D eigenvalue weighted by atomic mass is 9.89. The molecule has 1 aliphatic heterocycles. The number of nitrogens with zero attached hydrogens (tertiary/aromatic N) is 1. The van der Waals surface area contributed by atoms with Crippen LogP contribution in [0.2, 0.25) is 5.02 Å². The summed E-state index contributed by atoms with van der Waals surface area (Å²) in [5, 5.41) is 27.8. The normalized spacial score (nSPS) is 26.2. The summed E-state index contributed by atoms with van der Waals surface area (Å²) in [5.74, 6) is 0.351. The van der Waals surface area contributed by atoms with Crippen LogP contribution in [0.5, 0.6) is 5.75 Å². The van der Waals surface area contributed by atoms with E-state index >= 15 is 0 Å². The van der Waals surface area contributed by atoms with E-state index in [2.05, 4.69) is 10.5 Å². The summed E-state index contributed by atoms with van der Waals surface area (Å²) in [6, 6.07) is 14.2. The van der Waals surface area contributed by atoms with Crippen LogP contribution in [0.4, 0.5) is 0 Å². The predicted octanol–water partition coefficient (Wildman–Crippen LogP) is 4.61. The van der Waals surface area contributed by atoms with E-state index in [9.17, 15) is 15.0 Å². The van der Waals surface area contributed by atoms with Gasteiger partial charge in [0.2, 0.25) is 12.2 Å². The molecule has 3 N–H and O–H groups in total. The van der Waals surface area contributed by atoms with Gasteiger partial charge in [-0.1, -0.05) is 41.0 Å². The van der Waals surface area contributed by atoms with Crippen molar-refractivity contribution in [1.82, 2.24) is 5.32 Å². The molecule has 9 heteroatoms. The average Bonchev–Trinajstić information content (AvgIpc) is 3.36. The summed E-state index contributed by atoms with van der Waals surface area (Å²) in [6.45, 7) is 3.91. The standard InChI is InChI=1S/C29H35ClN2O6/c1-18(29(35)31-28-24(33)7-4-8-25(28)34)15-20-9-11-23(12-10-20)37-27-14-13-26(38-27)19(2)32-36-17-21-5-3-6-22(30)16-21/h3,5-6,9-12,15-16,24-28,33-34H,4,7-8,13-14,17H2,1-2H3,(H,31,35)/b18-15+,32-19+/t24-,25+,26-,27+,28?/m0/s1. The molecule has 2 fully saturated rings. The first-order valence-electron chi connectivity index (χ1n) is 13.0. The Kier molecular flexibility index (Phi) is 9.80. The molecule has 2 aromatic rings. The summed E-state index contributed by atoms with van der Waals surface area (Å²) < 4.78 is 12.0. The van der Waals surface area contributed by atoms with E-state index < -0.39 is 18.2 Å². The quantitative estimate of drug-likeness (QED) is 0.242. The van der Waals surface area contributed by atoms with Crippen LogP contribution in [0, 0.1) is 0 Å². The first kappa shape index (κ1) is 28.1. The number of aliphatic hydroxyl groups is 2. The molecule has 1 saturated carbocycles. The minimum atomic E-state index is -0.735. The second-order valence-corrected chi connectivity index (χ2v) is 10.3. The predicted molar refractivity (Wildman–Crippen MR) is 146 cm³/mol. The zero-order chi connectivity index (χ0) is 27.1. The van der Waals surface area contributed by atoms with Crippen molar-refractivity contribution in [2.45, 2.75) is 83.2 Å². The third-order valence-electron chi connectivity index (χ3n) is 6.79. The number of oxime groups is 1. The molecule has 1 saturated heterocycles. The number of hydrogen-bond acceptors (Lipinski definition) is 7. The third-order valence-corrected chi connectivity index (χ3v) is 7.03. The summed E-state index contributed by atoms with van der Waals surface area (Å²) in [5.41, 5.74) is 3.01. The van der Waals surface area contributed by atoms with Crippen molar-refractivity contribution in [3.63, 3.8) is 0 Å². The highest BCUT2D eigenvalue weighted by atomic mass is 35.5. The van der Waals surface area contributed by atoms with Crippen LogP contribution in [-0.2, 0) is 21.0 Å². The van der Waals surface area contributed by atoms with Crippen molar-refractivity contribution in [3.05, 3.63) is 70.3 Å². The number of amides is 1. The highest BCUT2D eigenvalue weighted by Gasteiger charge is 2.32. The van der Waals surface area contributed by atoms with Gasteiger partial charge in [0.15, 0.2) is 0 Å². The van der Waals surface area contributed by atoms with Crippen molar-refractivity contribution >= 4 is 29.3 Å². The summed E-state index contributed by atoms with van der Waals surface area (Å²) in [6.07, 6.45) is 3.11. The molecule has 204 valence electrons. The van der Waals surface area contributed by atoms with Crippen molar-refractivity contribution in [2.24, 2.45) is 5.16 Å². The lowest BCUT2D eigenvalue weighted by Crippen LogP contribution is -2.53. The molecule has 1 aliphatic carbocycles. The largest absolute Gasteiger partial charge is 0.465 e. The van der Waals surface area contributed by atoms with Crippen LogP contribution in [0.1, 0.15) is 57.1 Å². The second kappa shape index (κ2) is 13.2. The van der Waals surface area contributed by atoms with Gasteiger partial charge in [-0.25, -0.2) is 0 Å². The fraction of sp³-hybridized carbons (Fsp3) is 0.448. The van der Waals surface area contributed by atoms with Crippen molar-refractivity contribution in [1.29, 1.82) is 0 Å². The van der Waals surface area contributed by atoms with E-state index in [-0.39, 0.29) is 18.3 Å². The van der Waals surface area contributed by atoms with E-state index in [1.807, 2.05) is 55.5 Å². The van der Waals surface area contributed by atoms with E-state index in [1.165, 1.54) is 0 Å². The molecule has 0 radical (unpaired) electrons. The van der Waals surface area contributed by atoms with Gasteiger partial charge in [-0.15, -0.1) is 0 Å². The van der Waals surface area contributed by atoms with Gasteiger partial charge in [-0.2, -0.15) is 0 Å². The van der Waals surface area contributed by atoms with Gasteiger partial charge in [0, 0.05) is 17.0 Å². The number of carbonyl (C=O) groups excluding carboxylic acids is 1. The SMILES string of the molecule is C/C(=C\c1ccc(O[C@H]2CC[C@@H](/C(C)=N/OCc3cccc(Cl)c3)O2)cc1)C(=O)NC1[C@H](O)CCC[C@@H]1O. The highest BCUT2D eigenvalue weighted by molar-refractivity contribution is 6.30. The molecule has 0 aromatic heterocycles. The molecule has 2 aliphatic rings. The number of carbonyl (C=O) groups is 1. The molecule has 38 heavy (non-hydrogen) atoms. The number of benzene rings is 2. The zero-order valence-electron chi connectivity index (χ0n) is 21.7. The Morgan fingerprint density at radius 3 is 2.55 bits per heavy atom. The second-order valence-electron chi connectivity index (χ2n) is 9.85. The van der Waals surface area contributed by atoms with Crippen LogP contribution < -0.4 is 10.1 Å². The maximum atomic E-state index is 12.6. The number of rotatable bonds is 9. The van der Waals surface area contributed by atoms with Crippen LogP contribution in [0.3, 0.4) is 0 Å². The highest BCUT2D eigenvalue weighted by Crippen LogP contribution is 2.25. The Hall–Kier alpha value is -2.91. The fourth-order valence-corrected chi connectivity index (χ4v) is 4.83. The van der Waals surface area contributed by atoms with Gasteiger partial charge in [0.05, 0.1) is 24.0 Å². The Balaban J connectivity index is 1.24. The third kappa shape index (κ3) is 7.80. The van der Waals surface area contributed by atoms with Crippen LogP contribution in [-0.4, -0.2) is 52.5 Å². The molecular formula is C29H35ClN2O6. The van der Waals surface area contributed by atoms with Crippen LogP contribution in [0.25, 0.3) is 6.08 Å². The zero-order valence-corrected chi connectivity index (χ0v) is 22.4. The Morgan fingerprint density at radius 1 is 1.11 bits per heavy atom. The molecule has 1 amide bonds. The number of aliphatic hydroxyl groups excluding tert-OH is 2. The Labute approximate surface area is 228 Å². The Morgan fingerprint density at radius 2 is 1.84 bits per heavy atom. The molecule has 1 heterocycles.